The van der Waals surface area contributed by atoms with E-state index in [4.69, 9.17) is 9.73 Å². The van der Waals surface area contributed by atoms with Crippen molar-refractivity contribution in [2.24, 2.45) is 27.2 Å². The summed E-state index contributed by atoms with van der Waals surface area (Å²) in [5, 5.41) is 9.83. The van der Waals surface area contributed by atoms with E-state index in [-0.39, 0.29) is 17.7 Å². The van der Waals surface area contributed by atoms with Crippen LogP contribution in [0, 0.1) is 17.3 Å². The van der Waals surface area contributed by atoms with Gasteiger partial charge in [-0.15, -0.1) is 0 Å². The van der Waals surface area contributed by atoms with Crippen molar-refractivity contribution < 1.29 is 9.84 Å². The number of aromatic nitrogens is 1. The van der Waals surface area contributed by atoms with E-state index in [1.165, 1.54) is 5.57 Å². The van der Waals surface area contributed by atoms with Gasteiger partial charge >= 0.3 is 0 Å². The number of rotatable bonds is 5. The second-order valence-corrected chi connectivity index (χ2v) is 7.94. The summed E-state index contributed by atoms with van der Waals surface area (Å²) in [6.45, 7) is 4.76. The van der Waals surface area contributed by atoms with Crippen LogP contribution in [0.25, 0.3) is 5.57 Å². The van der Waals surface area contributed by atoms with Crippen LogP contribution in [0.2, 0.25) is 0 Å². The van der Waals surface area contributed by atoms with E-state index in [1.807, 2.05) is 37.5 Å². The SMILES string of the molecule is CC1=NC(OC[C@H]2C=C2c2ccccn2)C(C)([C@H]2CC[C@H](O)CC2)C=N1. The third-order valence-electron chi connectivity index (χ3n) is 6.01. The molecular weight excluding hydrogens is 326 g/mol. The van der Waals surface area contributed by atoms with E-state index in [2.05, 4.69) is 23.0 Å². The van der Waals surface area contributed by atoms with Crippen LogP contribution in [0.4, 0.5) is 0 Å². The molecule has 0 aromatic carbocycles. The average Bonchev–Trinajstić information content (AvgIpc) is 3.43. The highest BCUT2D eigenvalue weighted by atomic mass is 16.5. The maximum absolute atomic E-state index is 9.83. The lowest BCUT2D eigenvalue weighted by molar-refractivity contribution is -0.0383. The van der Waals surface area contributed by atoms with Crippen LogP contribution in [-0.4, -0.2) is 41.1 Å². The van der Waals surface area contributed by atoms with Crippen molar-refractivity contribution in [2.75, 3.05) is 6.61 Å². The lowest BCUT2D eigenvalue weighted by atomic mass is 9.68. The van der Waals surface area contributed by atoms with Gasteiger partial charge in [-0.1, -0.05) is 12.1 Å². The number of hydrogen-bond donors (Lipinski definition) is 1. The van der Waals surface area contributed by atoms with E-state index in [9.17, 15) is 5.11 Å². The first-order valence-corrected chi connectivity index (χ1v) is 9.58. The van der Waals surface area contributed by atoms with Crippen molar-refractivity contribution in [3.05, 3.63) is 36.2 Å². The molecule has 2 unspecified atom stereocenters. The Balaban J connectivity index is 1.40. The summed E-state index contributed by atoms with van der Waals surface area (Å²) in [6, 6.07) is 5.99. The maximum atomic E-state index is 9.83. The Morgan fingerprint density at radius 1 is 1.23 bits per heavy atom. The molecule has 3 atom stereocenters. The summed E-state index contributed by atoms with van der Waals surface area (Å²) in [5.41, 5.74) is 2.09. The minimum Gasteiger partial charge on any atom is -0.393 e. The molecule has 4 rings (SSSR count). The standard InChI is InChI=1S/C21H27N3O2/c1-14-23-13-21(2,16-6-8-17(25)9-7-16)20(24-14)26-12-15-11-18(15)19-5-3-4-10-22-19/h3-5,10-11,13,15-17,20,25H,6-9,12H2,1-2H3/t15-,16-,17-,20?,21?/m1/s1. The molecule has 138 valence electrons. The smallest absolute Gasteiger partial charge is 0.160 e. The second kappa shape index (κ2) is 7.05. The normalized spacial score (nSPS) is 36.4. The van der Waals surface area contributed by atoms with Gasteiger partial charge < -0.3 is 9.84 Å². The van der Waals surface area contributed by atoms with Crippen LogP contribution in [0.3, 0.4) is 0 Å². The topological polar surface area (TPSA) is 67.1 Å². The maximum Gasteiger partial charge on any atom is 0.160 e. The van der Waals surface area contributed by atoms with Gasteiger partial charge in [0.05, 0.1) is 23.8 Å². The predicted molar refractivity (Wildman–Crippen MR) is 103 cm³/mol. The molecule has 1 aliphatic heterocycles. The van der Waals surface area contributed by atoms with Crippen LogP contribution in [-0.2, 0) is 4.74 Å². The van der Waals surface area contributed by atoms with Crippen LogP contribution < -0.4 is 0 Å². The lowest BCUT2D eigenvalue weighted by Gasteiger charge is -2.43. The van der Waals surface area contributed by atoms with Crippen molar-refractivity contribution in [3.8, 4) is 0 Å². The molecule has 2 aliphatic carbocycles. The van der Waals surface area contributed by atoms with Crippen molar-refractivity contribution in [1.29, 1.82) is 0 Å². The molecule has 0 bridgehead atoms. The predicted octanol–water partition coefficient (Wildman–Crippen LogP) is 3.50. The van der Waals surface area contributed by atoms with Gasteiger partial charge in [0.2, 0.25) is 0 Å². The average molecular weight is 353 g/mol. The Morgan fingerprint density at radius 3 is 2.77 bits per heavy atom. The largest absolute Gasteiger partial charge is 0.393 e. The molecule has 1 aromatic rings. The number of pyridine rings is 1. The Morgan fingerprint density at radius 2 is 2.04 bits per heavy atom. The zero-order valence-corrected chi connectivity index (χ0v) is 15.5. The van der Waals surface area contributed by atoms with Gasteiger partial charge in [-0.2, -0.15) is 0 Å². The molecule has 1 aromatic heterocycles. The Kier molecular flexibility index (Phi) is 4.76. The van der Waals surface area contributed by atoms with Gasteiger partial charge in [0.25, 0.3) is 0 Å². The van der Waals surface area contributed by atoms with Gasteiger partial charge in [-0.25, -0.2) is 9.98 Å². The number of hydrogen-bond acceptors (Lipinski definition) is 5. The number of amidine groups is 1. The molecule has 3 aliphatic rings. The fourth-order valence-electron chi connectivity index (χ4n) is 4.17. The monoisotopic (exact) mass is 353 g/mol. The van der Waals surface area contributed by atoms with Crippen molar-refractivity contribution in [3.63, 3.8) is 0 Å². The van der Waals surface area contributed by atoms with Crippen molar-refractivity contribution >= 4 is 17.6 Å². The first-order valence-electron chi connectivity index (χ1n) is 9.58. The zero-order valence-electron chi connectivity index (χ0n) is 15.5. The van der Waals surface area contributed by atoms with Crippen LogP contribution in [0.1, 0.15) is 45.2 Å². The molecule has 0 spiro atoms. The summed E-state index contributed by atoms with van der Waals surface area (Å²) in [4.78, 5) is 13.6. The summed E-state index contributed by atoms with van der Waals surface area (Å²) < 4.78 is 6.30. The highest BCUT2D eigenvalue weighted by Gasteiger charge is 2.44. The summed E-state index contributed by atoms with van der Waals surface area (Å²) in [7, 11) is 0. The Bertz CT molecular complexity index is 735. The molecule has 1 saturated carbocycles. The van der Waals surface area contributed by atoms with Gasteiger partial charge in [0, 0.05) is 18.3 Å². The minimum atomic E-state index is -0.209. The van der Waals surface area contributed by atoms with Crippen LogP contribution >= 0.6 is 0 Å². The zero-order chi connectivity index (χ0) is 18.1. The Labute approximate surface area is 154 Å². The first kappa shape index (κ1) is 17.6. The highest BCUT2D eigenvalue weighted by molar-refractivity contribution is 5.91. The summed E-state index contributed by atoms with van der Waals surface area (Å²) in [5.74, 6) is 1.55. The second-order valence-electron chi connectivity index (χ2n) is 7.94. The molecule has 0 radical (unpaired) electrons. The number of ether oxygens (including phenoxy) is 1. The van der Waals surface area contributed by atoms with E-state index in [1.54, 1.807) is 0 Å². The van der Waals surface area contributed by atoms with Crippen molar-refractivity contribution in [2.45, 2.75) is 51.9 Å². The summed E-state index contributed by atoms with van der Waals surface area (Å²) >= 11 is 0. The molecule has 0 saturated heterocycles. The van der Waals surface area contributed by atoms with Crippen LogP contribution in [0.15, 0.2) is 40.5 Å². The molecule has 1 fully saturated rings. The molecule has 26 heavy (non-hydrogen) atoms. The third-order valence-corrected chi connectivity index (χ3v) is 6.01. The van der Waals surface area contributed by atoms with Gasteiger partial charge in [-0.3, -0.25) is 4.98 Å². The number of aliphatic hydroxyl groups excluding tert-OH is 1. The van der Waals surface area contributed by atoms with E-state index in [0.29, 0.717) is 18.4 Å². The molecule has 0 amide bonds. The molecule has 5 heteroatoms. The highest BCUT2D eigenvalue weighted by Crippen LogP contribution is 2.44. The van der Waals surface area contributed by atoms with E-state index < -0.39 is 0 Å². The third kappa shape index (κ3) is 3.51. The molecular formula is C21H27N3O2. The summed E-state index contributed by atoms with van der Waals surface area (Å²) in [6.07, 6.45) is 9.43. The first-order chi connectivity index (χ1) is 12.6. The molecule has 2 heterocycles. The van der Waals surface area contributed by atoms with Crippen LogP contribution in [0.5, 0.6) is 0 Å². The number of aliphatic imine (C=N–C) groups is 2. The number of nitrogens with zero attached hydrogens (tertiary/aromatic N) is 3. The van der Waals surface area contributed by atoms with Gasteiger partial charge in [0.1, 0.15) is 5.84 Å². The van der Waals surface area contributed by atoms with Crippen molar-refractivity contribution in [1.82, 2.24) is 4.98 Å². The number of aliphatic hydroxyl groups is 1. The Hall–Kier alpha value is -1.85. The van der Waals surface area contributed by atoms with Gasteiger partial charge in [0.15, 0.2) is 6.23 Å². The quantitative estimate of drug-likeness (QED) is 0.881. The fraction of sp³-hybridized carbons (Fsp3) is 0.571. The fourth-order valence-corrected chi connectivity index (χ4v) is 4.17. The molecule has 1 N–H and O–H groups in total. The minimum absolute atomic E-state index is 0.156. The van der Waals surface area contributed by atoms with E-state index >= 15 is 0 Å². The molecule has 5 nitrogen and oxygen atoms in total. The lowest BCUT2D eigenvalue weighted by Crippen LogP contribution is -2.45. The van der Waals surface area contributed by atoms with Gasteiger partial charge in [-0.05, 0) is 63.2 Å². The van der Waals surface area contributed by atoms with E-state index in [0.717, 1.165) is 37.2 Å².